The topological polar surface area (TPSA) is 46.4 Å². The first-order valence-electron chi connectivity index (χ1n) is 8.58. The van der Waals surface area contributed by atoms with Crippen molar-refractivity contribution in [3.8, 4) is 11.3 Å². The van der Waals surface area contributed by atoms with E-state index in [2.05, 4.69) is 52.4 Å². The Bertz CT molecular complexity index is 1130. The third-order valence-electron chi connectivity index (χ3n) is 4.41. The van der Waals surface area contributed by atoms with Crippen LogP contribution in [-0.2, 0) is 11.2 Å². The van der Waals surface area contributed by atoms with Crippen LogP contribution in [0.25, 0.3) is 16.2 Å². The number of benzene rings is 2. The maximum absolute atomic E-state index is 12.5. The molecular formula is C21H18BrN3OS. The number of hydrogen-bond donors (Lipinski definition) is 1. The lowest BCUT2D eigenvalue weighted by Crippen LogP contribution is -2.15. The van der Waals surface area contributed by atoms with Gasteiger partial charge in [0.1, 0.15) is 0 Å². The van der Waals surface area contributed by atoms with Crippen LogP contribution in [-0.4, -0.2) is 15.3 Å². The predicted octanol–water partition coefficient (Wildman–Crippen LogP) is 5.62. The van der Waals surface area contributed by atoms with E-state index in [0.29, 0.717) is 6.42 Å². The molecule has 0 unspecified atom stereocenters. The van der Waals surface area contributed by atoms with Crippen molar-refractivity contribution in [1.82, 2.24) is 9.38 Å². The Balaban J connectivity index is 1.54. The summed E-state index contributed by atoms with van der Waals surface area (Å²) < 4.78 is 3.04. The lowest BCUT2D eigenvalue weighted by molar-refractivity contribution is -0.115. The molecule has 0 fully saturated rings. The molecule has 0 saturated carbocycles. The molecule has 0 bridgehead atoms. The predicted molar refractivity (Wildman–Crippen MR) is 114 cm³/mol. The van der Waals surface area contributed by atoms with Crippen molar-refractivity contribution in [3.63, 3.8) is 0 Å². The molecule has 4 aromatic rings. The Morgan fingerprint density at radius 1 is 1.19 bits per heavy atom. The Hall–Kier alpha value is -2.44. The van der Waals surface area contributed by atoms with E-state index in [-0.39, 0.29) is 5.91 Å². The minimum absolute atomic E-state index is 0.0398. The van der Waals surface area contributed by atoms with E-state index in [1.54, 1.807) is 11.3 Å². The number of nitrogens with one attached hydrogen (secondary N) is 1. The molecule has 2 aromatic carbocycles. The maximum atomic E-state index is 12.5. The van der Waals surface area contributed by atoms with Crippen LogP contribution in [0.5, 0.6) is 0 Å². The molecule has 136 valence electrons. The van der Waals surface area contributed by atoms with E-state index in [4.69, 9.17) is 4.98 Å². The van der Waals surface area contributed by atoms with Crippen molar-refractivity contribution in [1.29, 1.82) is 0 Å². The lowest BCUT2D eigenvalue weighted by atomic mass is 10.1. The first kappa shape index (κ1) is 17.9. The summed E-state index contributed by atoms with van der Waals surface area (Å²) in [6, 6.07) is 14.1. The number of carbonyl (C=O) groups excluding carboxylic acids is 1. The molecule has 0 aliphatic rings. The molecule has 6 heteroatoms. The molecule has 0 atom stereocenters. The van der Waals surface area contributed by atoms with Gasteiger partial charge in [-0.3, -0.25) is 9.20 Å². The summed E-state index contributed by atoms with van der Waals surface area (Å²) in [6.07, 6.45) is 2.31. The standard InChI is InChI=1S/C21H18BrN3OS/c1-13-3-5-15(6-4-13)19-11-25-17(12-27-21(25)24-19)10-20(26)23-16-7-8-18(22)14(2)9-16/h3-9,11-12H,10H2,1-2H3,(H,23,26). The Kier molecular flexibility index (Phi) is 4.85. The van der Waals surface area contributed by atoms with Gasteiger partial charge in [-0.1, -0.05) is 45.8 Å². The molecule has 1 amide bonds. The van der Waals surface area contributed by atoms with Crippen LogP contribution in [0.3, 0.4) is 0 Å². The van der Waals surface area contributed by atoms with Gasteiger partial charge in [-0.25, -0.2) is 4.98 Å². The summed E-state index contributed by atoms with van der Waals surface area (Å²) in [7, 11) is 0. The van der Waals surface area contributed by atoms with E-state index in [9.17, 15) is 4.79 Å². The molecule has 4 rings (SSSR count). The molecule has 1 N–H and O–H groups in total. The number of rotatable bonds is 4. The molecule has 27 heavy (non-hydrogen) atoms. The van der Waals surface area contributed by atoms with E-state index < -0.39 is 0 Å². The highest BCUT2D eigenvalue weighted by Crippen LogP contribution is 2.25. The number of halogens is 1. The average molecular weight is 440 g/mol. The van der Waals surface area contributed by atoms with Gasteiger partial charge in [0.05, 0.1) is 12.1 Å². The van der Waals surface area contributed by atoms with Crippen LogP contribution in [0.4, 0.5) is 5.69 Å². The Labute approximate surface area is 170 Å². The number of imidazole rings is 1. The lowest BCUT2D eigenvalue weighted by Gasteiger charge is -2.07. The summed E-state index contributed by atoms with van der Waals surface area (Å²) in [5.74, 6) is -0.0398. The molecular weight excluding hydrogens is 422 g/mol. The van der Waals surface area contributed by atoms with Crippen LogP contribution >= 0.6 is 27.3 Å². The average Bonchev–Trinajstić information content (AvgIpc) is 3.21. The number of aromatic nitrogens is 2. The van der Waals surface area contributed by atoms with Gasteiger partial charge in [0.15, 0.2) is 4.96 Å². The number of nitrogens with zero attached hydrogens (tertiary/aromatic N) is 2. The van der Waals surface area contributed by atoms with Gasteiger partial charge in [-0.15, -0.1) is 11.3 Å². The first-order valence-corrected chi connectivity index (χ1v) is 10.3. The van der Waals surface area contributed by atoms with E-state index in [0.717, 1.165) is 37.6 Å². The van der Waals surface area contributed by atoms with E-state index >= 15 is 0 Å². The van der Waals surface area contributed by atoms with Gasteiger partial charge in [-0.2, -0.15) is 0 Å². The van der Waals surface area contributed by atoms with Gasteiger partial charge < -0.3 is 5.32 Å². The highest BCUT2D eigenvalue weighted by Gasteiger charge is 2.13. The highest BCUT2D eigenvalue weighted by molar-refractivity contribution is 9.10. The molecule has 0 aliphatic heterocycles. The number of carbonyl (C=O) groups is 1. The van der Waals surface area contributed by atoms with Crippen molar-refractivity contribution in [2.24, 2.45) is 0 Å². The largest absolute Gasteiger partial charge is 0.326 e. The van der Waals surface area contributed by atoms with Crippen LogP contribution in [0.15, 0.2) is 58.5 Å². The zero-order valence-electron chi connectivity index (χ0n) is 15.0. The van der Waals surface area contributed by atoms with Crippen molar-refractivity contribution >= 4 is 43.8 Å². The van der Waals surface area contributed by atoms with Gasteiger partial charge in [0.2, 0.25) is 5.91 Å². The second kappa shape index (κ2) is 7.29. The fraction of sp³-hybridized carbons (Fsp3) is 0.143. The van der Waals surface area contributed by atoms with E-state index in [1.807, 2.05) is 41.1 Å². The molecule has 0 spiro atoms. The summed E-state index contributed by atoms with van der Waals surface area (Å²) in [5, 5.41) is 4.96. The quantitative estimate of drug-likeness (QED) is 0.448. The van der Waals surface area contributed by atoms with Gasteiger partial charge in [-0.05, 0) is 37.6 Å². The zero-order valence-corrected chi connectivity index (χ0v) is 17.4. The van der Waals surface area contributed by atoms with Crippen molar-refractivity contribution in [2.75, 3.05) is 5.32 Å². The van der Waals surface area contributed by atoms with Gasteiger partial charge >= 0.3 is 0 Å². The first-order chi connectivity index (χ1) is 13.0. The Morgan fingerprint density at radius 3 is 2.70 bits per heavy atom. The molecule has 4 nitrogen and oxygen atoms in total. The van der Waals surface area contributed by atoms with Crippen LogP contribution < -0.4 is 5.32 Å². The molecule has 2 heterocycles. The number of fused-ring (bicyclic) bond motifs is 1. The number of hydrogen-bond acceptors (Lipinski definition) is 3. The molecule has 0 radical (unpaired) electrons. The number of amides is 1. The highest BCUT2D eigenvalue weighted by atomic mass is 79.9. The second-order valence-corrected chi connectivity index (χ2v) is 8.25. The van der Waals surface area contributed by atoms with Gasteiger partial charge in [0, 0.05) is 33.0 Å². The molecule has 2 aromatic heterocycles. The minimum Gasteiger partial charge on any atom is -0.326 e. The number of aryl methyl sites for hydroxylation is 2. The minimum atomic E-state index is -0.0398. The van der Waals surface area contributed by atoms with Gasteiger partial charge in [0.25, 0.3) is 0 Å². The smallest absolute Gasteiger partial charge is 0.230 e. The summed E-state index contributed by atoms with van der Waals surface area (Å²) in [4.78, 5) is 18.1. The van der Waals surface area contributed by atoms with Crippen LogP contribution in [0, 0.1) is 13.8 Å². The maximum Gasteiger partial charge on any atom is 0.230 e. The van der Waals surface area contributed by atoms with Crippen molar-refractivity contribution in [2.45, 2.75) is 20.3 Å². The summed E-state index contributed by atoms with van der Waals surface area (Å²) >= 11 is 5.03. The fourth-order valence-corrected chi connectivity index (χ4v) is 4.03. The van der Waals surface area contributed by atoms with Crippen molar-refractivity contribution in [3.05, 3.63) is 75.3 Å². The third-order valence-corrected chi connectivity index (χ3v) is 6.19. The third kappa shape index (κ3) is 3.82. The normalized spacial score (nSPS) is 11.1. The monoisotopic (exact) mass is 439 g/mol. The Morgan fingerprint density at radius 2 is 1.96 bits per heavy atom. The summed E-state index contributed by atoms with van der Waals surface area (Å²) in [5.41, 5.74) is 6.05. The summed E-state index contributed by atoms with van der Waals surface area (Å²) in [6.45, 7) is 4.07. The van der Waals surface area contributed by atoms with E-state index in [1.165, 1.54) is 5.56 Å². The van der Waals surface area contributed by atoms with Crippen LogP contribution in [0.1, 0.15) is 16.8 Å². The van der Waals surface area contributed by atoms with Crippen LogP contribution in [0.2, 0.25) is 0 Å². The molecule has 0 saturated heterocycles. The number of thiazole rings is 1. The fourth-order valence-electron chi connectivity index (χ4n) is 2.91. The van der Waals surface area contributed by atoms with Crippen molar-refractivity contribution < 1.29 is 4.79 Å². The molecule has 0 aliphatic carbocycles. The number of anilines is 1. The SMILES string of the molecule is Cc1ccc(-c2cn3c(CC(=O)Nc4ccc(Br)c(C)c4)csc3n2)cc1. The zero-order chi connectivity index (χ0) is 19.0. The second-order valence-electron chi connectivity index (χ2n) is 6.56.